The first kappa shape index (κ1) is 17.3. The zero-order valence-corrected chi connectivity index (χ0v) is 14.8. The molecule has 2 heterocycles. The lowest BCUT2D eigenvalue weighted by atomic mass is 10.1. The van der Waals surface area contributed by atoms with Gasteiger partial charge in [-0.2, -0.15) is 4.39 Å². The van der Waals surface area contributed by atoms with Gasteiger partial charge in [0.05, 0.1) is 14.2 Å². The van der Waals surface area contributed by atoms with Gasteiger partial charge >= 0.3 is 0 Å². The van der Waals surface area contributed by atoms with Gasteiger partial charge in [0.25, 0.3) is 0 Å². The molecule has 0 amide bonds. The van der Waals surface area contributed by atoms with Gasteiger partial charge in [-0.05, 0) is 53.6 Å². The molecule has 4 rings (SSSR count). The number of aromatic nitrogens is 3. The number of hydrogen-bond acceptors (Lipinski definition) is 5. The lowest BCUT2D eigenvalue weighted by molar-refractivity contribution is 0.371. The lowest BCUT2D eigenvalue weighted by Gasteiger charge is -2.08. The summed E-state index contributed by atoms with van der Waals surface area (Å²) in [4.78, 5) is 13.1. The Kier molecular flexibility index (Phi) is 4.43. The summed E-state index contributed by atoms with van der Waals surface area (Å²) >= 11 is 0. The van der Waals surface area contributed by atoms with E-state index in [0.29, 0.717) is 22.8 Å². The van der Waals surface area contributed by atoms with Crippen molar-refractivity contribution >= 4 is 0 Å². The molecular formula is C20H17F2N3O2. The van der Waals surface area contributed by atoms with Crippen molar-refractivity contribution in [3.8, 4) is 23.0 Å². The van der Waals surface area contributed by atoms with Crippen LogP contribution >= 0.6 is 0 Å². The van der Waals surface area contributed by atoms with Gasteiger partial charge in [0.1, 0.15) is 11.4 Å². The number of ether oxygens (including phenoxy) is 2. The molecule has 1 aliphatic rings. The number of hydrogen-bond donors (Lipinski definition) is 0. The fraction of sp³-hybridized carbons (Fsp3) is 0.250. The molecule has 2 atom stereocenters. The molecule has 138 valence electrons. The first-order chi connectivity index (χ1) is 13.1. The van der Waals surface area contributed by atoms with Gasteiger partial charge in [-0.15, -0.1) is 0 Å². The SMILES string of the molecule is COc1cccnc1-c1ncc([C@@H]2C[C@H]2c2cc(F)c(F)c(OC)c2)cn1. The number of nitrogens with zero attached hydrogens (tertiary/aromatic N) is 3. The Hall–Kier alpha value is -3.09. The largest absolute Gasteiger partial charge is 0.494 e. The molecule has 0 saturated heterocycles. The molecule has 1 aromatic carbocycles. The normalized spacial score (nSPS) is 18.2. The van der Waals surface area contributed by atoms with Crippen LogP contribution in [0.25, 0.3) is 11.5 Å². The summed E-state index contributed by atoms with van der Waals surface area (Å²) in [6, 6.07) is 6.36. The number of halogens is 2. The molecular weight excluding hydrogens is 352 g/mol. The van der Waals surface area contributed by atoms with E-state index in [1.54, 1.807) is 43.9 Å². The van der Waals surface area contributed by atoms with Crippen LogP contribution in [-0.4, -0.2) is 29.2 Å². The van der Waals surface area contributed by atoms with Gasteiger partial charge in [-0.3, -0.25) is 0 Å². The summed E-state index contributed by atoms with van der Waals surface area (Å²) < 4.78 is 37.6. The maximum Gasteiger partial charge on any atom is 0.200 e. The van der Waals surface area contributed by atoms with Gasteiger partial charge in [-0.25, -0.2) is 19.3 Å². The second-order valence-electron chi connectivity index (χ2n) is 6.36. The molecule has 27 heavy (non-hydrogen) atoms. The zero-order chi connectivity index (χ0) is 19.0. The van der Waals surface area contributed by atoms with Crippen molar-refractivity contribution in [2.75, 3.05) is 14.2 Å². The Bertz CT molecular complexity index is 979. The minimum absolute atomic E-state index is 0.0792. The fourth-order valence-corrected chi connectivity index (χ4v) is 3.25. The summed E-state index contributed by atoms with van der Waals surface area (Å²) in [5.74, 6) is -0.609. The molecule has 0 spiro atoms. The van der Waals surface area contributed by atoms with Crippen LogP contribution in [0.1, 0.15) is 29.4 Å². The molecule has 7 heteroatoms. The van der Waals surface area contributed by atoms with E-state index in [2.05, 4.69) is 15.0 Å². The van der Waals surface area contributed by atoms with E-state index < -0.39 is 11.6 Å². The predicted octanol–water partition coefficient (Wildman–Crippen LogP) is 4.11. The van der Waals surface area contributed by atoms with E-state index in [-0.39, 0.29) is 17.6 Å². The van der Waals surface area contributed by atoms with Crippen molar-refractivity contribution < 1.29 is 18.3 Å². The van der Waals surface area contributed by atoms with Crippen molar-refractivity contribution in [2.24, 2.45) is 0 Å². The van der Waals surface area contributed by atoms with Gasteiger partial charge in [0.15, 0.2) is 17.4 Å². The number of methoxy groups -OCH3 is 2. The summed E-state index contributed by atoms with van der Waals surface area (Å²) in [5.41, 5.74) is 2.23. The fourth-order valence-electron chi connectivity index (χ4n) is 3.25. The quantitative estimate of drug-likeness (QED) is 0.678. The lowest BCUT2D eigenvalue weighted by Crippen LogP contribution is -1.97. The Labute approximate surface area is 155 Å². The first-order valence-corrected chi connectivity index (χ1v) is 8.46. The zero-order valence-electron chi connectivity index (χ0n) is 14.8. The van der Waals surface area contributed by atoms with Crippen LogP contribution < -0.4 is 9.47 Å². The molecule has 5 nitrogen and oxygen atoms in total. The molecule has 0 N–H and O–H groups in total. The number of pyridine rings is 1. The van der Waals surface area contributed by atoms with E-state index in [1.165, 1.54) is 13.2 Å². The summed E-state index contributed by atoms with van der Waals surface area (Å²) in [6.07, 6.45) is 5.98. The third kappa shape index (κ3) is 3.20. The van der Waals surface area contributed by atoms with Gasteiger partial charge in [0, 0.05) is 18.6 Å². The van der Waals surface area contributed by atoms with Gasteiger partial charge < -0.3 is 9.47 Å². The monoisotopic (exact) mass is 369 g/mol. The van der Waals surface area contributed by atoms with Crippen molar-refractivity contribution in [1.29, 1.82) is 0 Å². The van der Waals surface area contributed by atoms with Crippen LogP contribution in [0.15, 0.2) is 42.9 Å². The van der Waals surface area contributed by atoms with Crippen molar-refractivity contribution in [1.82, 2.24) is 15.0 Å². The average molecular weight is 369 g/mol. The van der Waals surface area contributed by atoms with Crippen LogP contribution in [0.4, 0.5) is 8.78 Å². The molecule has 1 aliphatic carbocycles. The Balaban J connectivity index is 1.56. The minimum Gasteiger partial charge on any atom is -0.494 e. The highest BCUT2D eigenvalue weighted by Crippen LogP contribution is 2.55. The Morgan fingerprint density at radius 1 is 0.926 bits per heavy atom. The smallest absolute Gasteiger partial charge is 0.200 e. The van der Waals surface area contributed by atoms with E-state index in [1.807, 2.05) is 0 Å². The Morgan fingerprint density at radius 2 is 1.63 bits per heavy atom. The standard InChI is InChI=1S/C20H17F2N3O2/c1-26-16-4-3-5-23-19(16)20-24-9-12(10-25-20)14-8-13(14)11-6-15(21)18(22)17(7-11)27-2/h3-7,9-10,13-14H,8H2,1-2H3/t13-,14-/m0/s1. The second kappa shape index (κ2) is 6.90. The van der Waals surface area contributed by atoms with Crippen LogP contribution in [0.2, 0.25) is 0 Å². The minimum atomic E-state index is -0.963. The van der Waals surface area contributed by atoms with E-state index in [9.17, 15) is 8.78 Å². The third-order valence-electron chi connectivity index (χ3n) is 4.76. The summed E-state index contributed by atoms with van der Waals surface area (Å²) in [6.45, 7) is 0. The second-order valence-corrected chi connectivity index (χ2v) is 6.36. The summed E-state index contributed by atoms with van der Waals surface area (Å²) in [5, 5.41) is 0. The number of rotatable bonds is 5. The van der Waals surface area contributed by atoms with Gasteiger partial charge in [-0.1, -0.05) is 0 Å². The average Bonchev–Trinajstić information content (AvgIpc) is 3.51. The maximum absolute atomic E-state index is 13.8. The predicted molar refractivity (Wildman–Crippen MR) is 94.8 cm³/mol. The van der Waals surface area contributed by atoms with Crippen molar-refractivity contribution in [3.05, 3.63) is 65.6 Å². The Morgan fingerprint density at radius 3 is 2.33 bits per heavy atom. The summed E-state index contributed by atoms with van der Waals surface area (Å²) in [7, 11) is 2.89. The molecule has 0 unspecified atom stereocenters. The van der Waals surface area contributed by atoms with E-state index in [4.69, 9.17) is 9.47 Å². The van der Waals surface area contributed by atoms with Crippen LogP contribution in [0.5, 0.6) is 11.5 Å². The van der Waals surface area contributed by atoms with E-state index in [0.717, 1.165) is 12.0 Å². The number of benzene rings is 1. The van der Waals surface area contributed by atoms with Crippen LogP contribution in [-0.2, 0) is 0 Å². The molecule has 0 aliphatic heterocycles. The van der Waals surface area contributed by atoms with Crippen molar-refractivity contribution in [2.45, 2.75) is 18.3 Å². The van der Waals surface area contributed by atoms with Crippen LogP contribution in [0, 0.1) is 11.6 Å². The highest BCUT2D eigenvalue weighted by atomic mass is 19.2. The highest BCUT2D eigenvalue weighted by Gasteiger charge is 2.40. The molecule has 2 aromatic heterocycles. The maximum atomic E-state index is 13.8. The first-order valence-electron chi connectivity index (χ1n) is 8.46. The molecule has 0 radical (unpaired) electrons. The topological polar surface area (TPSA) is 57.1 Å². The van der Waals surface area contributed by atoms with Crippen LogP contribution in [0.3, 0.4) is 0 Å². The highest BCUT2D eigenvalue weighted by molar-refractivity contribution is 5.58. The molecule has 0 bridgehead atoms. The van der Waals surface area contributed by atoms with Gasteiger partial charge in [0.2, 0.25) is 5.82 Å². The third-order valence-corrected chi connectivity index (χ3v) is 4.76. The van der Waals surface area contributed by atoms with Crippen molar-refractivity contribution in [3.63, 3.8) is 0 Å². The van der Waals surface area contributed by atoms with E-state index >= 15 is 0 Å². The molecule has 3 aromatic rings. The molecule has 1 saturated carbocycles. The molecule has 1 fully saturated rings.